The van der Waals surface area contributed by atoms with E-state index in [4.69, 9.17) is 4.98 Å². The third-order valence-corrected chi connectivity index (χ3v) is 5.79. The number of aromatic nitrogens is 4. The van der Waals surface area contributed by atoms with Crippen LogP contribution in [0.25, 0.3) is 22.1 Å². The summed E-state index contributed by atoms with van der Waals surface area (Å²) in [6.45, 7) is 4.53. The number of fused-ring (bicyclic) bond motifs is 2. The summed E-state index contributed by atoms with van der Waals surface area (Å²) in [7, 11) is 0. The average molecular weight is 385 g/mol. The molecule has 0 N–H and O–H groups in total. The third-order valence-electron chi connectivity index (χ3n) is 5.79. The Morgan fingerprint density at radius 2 is 1.97 bits per heavy atom. The van der Waals surface area contributed by atoms with E-state index in [1.165, 1.54) is 0 Å². The highest BCUT2D eigenvalue weighted by Crippen LogP contribution is 2.25. The molecule has 0 saturated carbocycles. The normalized spacial score (nSPS) is 16.7. The van der Waals surface area contributed by atoms with Gasteiger partial charge in [-0.1, -0.05) is 6.07 Å². The van der Waals surface area contributed by atoms with Crippen LogP contribution in [0.2, 0.25) is 0 Å². The van der Waals surface area contributed by atoms with Gasteiger partial charge in [-0.25, -0.2) is 9.97 Å². The monoisotopic (exact) mass is 385 g/mol. The Kier molecular flexibility index (Phi) is 4.46. The van der Waals surface area contributed by atoms with Gasteiger partial charge in [0.1, 0.15) is 11.3 Å². The molecule has 1 unspecified atom stereocenters. The molecule has 146 valence electrons. The SMILES string of the molecule is CCn1c(CC2CCN(C(=O)c3ccc4ncccc4c3)C2)nc2cccnc21. The molecule has 1 fully saturated rings. The lowest BCUT2D eigenvalue weighted by molar-refractivity contribution is 0.0787. The number of likely N-dealkylation sites (tertiary alicyclic amines) is 1. The lowest BCUT2D eigenvalue weighted by Crippen LogP contribution is -2.29. The van der Waals surface area contributed by atoms with Crippen molar-refractivity contribution in [2.75, 3.05) is 13.1 Å². The zero-order chi connectivity index (χ0) is 19.8. The van der Waals surface area contributed by atoms with Gasteiger partial charge in [0.2, 0.25) is 0 Å². The first kappa shape index (κ1) is 17.8. The van der Waals surface area contributed by atoms with Crippen molar-refractivity contribution >= 4 is 28.0 Å². The van der Waals surface area contributed by atoms with Gasteiger partial charge in [-0.3, -0.25) is 9.78 Å². The highest BCUT2D eigenvalue weighted by atomic mass is 16.2. The summed E-state index contributed by atoms with van der Waals surface area (Å²) in [5, 5.41) is 0.998. The summed E-state index contributed by atoms with van der Waals surface area (Å²) in [6, 6.07) is 13.6. The van der Waals surface area contributed by atoms with E-state index < -0.39 is 0 Å². The van der Waals surface area contributed by atoms with Gasteiger partial charge in [0.05, 0.1) is 5.52 Å². The number of rotatable bonds is 4. The minimum Gasteiger partial charge on any atom is -0.338 e. The Morgan fingerprint density at radius 1 is 1.10 bits per heavy atom. The summed E-state index contributed by atoms with van der Waals surface area (Å²) in [6.07, 6.45) is 5.46. The molecule has 6 nitrogen and oxygen atoms in total. The first-order chi connectivity index (χ1) is 14.2. The van der Waals surface area contributed by atoms with Crippen molar-refractivity contribution in [2.24, 2.45) is 5.92 Å². The van der Waals surface area contributed by atoms with Gasteiger partial charge >= 0.3 is 0 Å². The van der Waals surface area contributed by atoms with Crippen LogP contribution in [0.4, 0.5) is 0 Å². The molecule has 4 aromatic rings. The molecule has 0 spiro atoms. The van der Waals surface area contributed by atoms with Crippen LogP contribution in [0.5, 0.6) is 0 Å². The van der Waals surface area contributed by atoms with E-state index >= 15 is 0 Å². The van der Waals surface area contributed by atoms with Crippen molar-refractivity contribution in [1.82, 2.24) is 24.4 Å². The van der Waals surface area contributed by atoms with E-state index in [-0.39, 0.29) is 5.91 Å². The zero-order valence-corrected chi connectivity index (χ0v) is 16.5. The summed E-state index contributed by atoms with van der Waals surface area (Å²) in [4.78, 5) is 28.6. The van der Waals surface area contributed by atoms with Gasteiger partial charge in [-0.2, -0.15) is 0 Å². The fraction of sp³-hybridized carbons (Fsp3) is 0.304. The van der Waals surface area contributed by atoms with E-state index in [1.807, 2.05) is 53.6 Å². The van der Waals surface area contributed by atoms with Crippen molar-refractivity contribution in [3.05, 3.63) is 66.2 Å². The molecule has 0 radical (unpaired) electrons. The number of amides is 1. The maximum atomic E-state index is 13.0. The lowest BCUT2D eigenvalue weighted by atomic mass is 10.0. The Hall–Kier alpha value is -3.28. The summed E-state index contributed by atoms with van der Waals surface area (Å²) < 4.78 is 2.19. The van der Waals surface area contributed by atoms with Gasteiger partial charge in [0, 0.05) is 49.4 Å². The van der Waals surface area contributed by atoms with Crippen LogP contribution in [-0.2, 0) is 13.0 Å². The maximum Gasteiger partial charge on any atom is 0.253 e. The van der Waals surface area contributed by atoms with E-state index in [1.54, 1.807) is 6.20 Å². The topological polar surface area (TPSA) is 63.9 Å². The van der Waals surface area contributed by atoms with Crippen molar-refractivity contribution < 1.29 is 4.79 Å². The molecule has 0 bridgehead atoms. The average Bonchev–Trinajstić information content (AvgIpc) is 3.37. The fourth-order valence-electron chi connectivity index (χ4n) is 4.33. The lowest BCUT2D eigenvalue weighted by Gasteiger charge is -2.17. The number of imidazole rings is 1. The first-order valence-corrected chi connectivity index (χ1v) is 10.2. The van der Waals surface area contributed by atoms with Gasteiger partial charge in [-0.15, -0.1) is 0 Å². The Labute approximate surface area is 169 Å². The van der Waals surface area contributed by atoms with Crippen LogP contribution in [0.1, 0.15) is 29.5 Å². The van der Waals surface area contributed by atoms with Gasteiger partial charge in [0.15, 0.2) is 5.65 Å². The molecule has 1 aliphatic heterocycles. The Balaban J connectivity index is 1.32. The molecule has 6 heteroatoms. The number of benzene rings is 1. The first-order valence-electron chi connectivity index (χ1n) is 10.2. The molecule has 1 saturated heterocycles. The van der Waals surface area contributed by atoms with Gasteiger partial charge < -0.3 is 9.47 Å². The largest absolute Gasteiger partial charge is 0.338 e. The quantitative estimate of drug-likeness (QED) is 0.537. The van der Waals surface area contributed by atoms with Crippen LogP contribution in [-0.4, -0.2) is 43.4 Å². The van der Waals surface area contributed by atoms with Crippen molar-refractivity contribution in [2.45, 2.75) is 26.3 Å². The number of aryl methyl sites for hydroxylation is 1. The van der Waals surface area contributed by atoms with E-state index in [0.717, 1.165) is 65.9 Å². The molecule has 3 aromatic heterocycles. The Bertz CT molecular complexity index is 1200. The predicted molar refractivity (Wildman–Crippen MR) is 113 cm³/mol. The van der Waals surface area contributed by atoms with Crippen LogP contribution in [0.3, 0.4) is 0 Å². The number of pyridine rings is 2. The summed E-state index contributed by atoms with van der Waals surface area (Å²) in [5.41, 5.74) is 3.53. The fourth-order valence-corrected chi connectivity index (χ4v) is 4.33. The molecule has 4 heterocycles. The number of nitrogens with zero attached hydrogens (tertiary/aromatic N) is 5. The van der Waals surface area contributed by atoms with Gasteiger partial charge in [0.25, 0.3) is 5.91 Å². The van der Waals surface area contributed by atoms with Crippen LogP contribution < -0.4 is 0 Å². The smallest absolute Gasteiger partial charge is 0.253 e. The molecule has 1 amide bonds. The second-order valence-electron chi connectivity index (χ2n) is 7.64. The summed E-state index contributed by atoms with van der Waals surface area (Å²) in [5.74, 6) is 1.59. The second kappa shape index (κ2) is 7.28. The van der Waals surface area contributed by atoms with E-state index in [0.29, 0.717) is 5.92 Å². The minimum absolute atomic E-state index is 0.101. The molecule has 1 atom stereocenters. The maximum absolute atomic E-state index is 13.0. The van der Waals surface area contributed by atoms with Crippen LogP contribution in [0, 0.1) is 5.92 Å². The standard InChI is InChI=1S/C23H23N5O/c1-2-28-21(26-20-6-4-11-25-22(20)28)13-16-9-12-27(15-16)23(29)18-7-8-19-17(14-18)5-3-10-24-19/h3-8,10-11,14,16H,2,9,12-13,15H2,1H3. The zero-order valence-electron chi connectivity index (χ0n) is 16.5. The van der Waals surface area contributed by atoms with Gasteiger partial charge in [-0.05, 0) is 55.7 Å². The molecule has 1 aliphatic rings. The molecule has 29 heavy (non-hydrogen) atoms. The van der Waals surface area contributed by atoms with Crippen LogP contribution >= 0.6 is 0 Å². The molecule has 1 aromatic carbocycles. The van der Waals surface area contributed by atoms with Crippen LogP contribution in [0.15, 0.2) is 54.9 Å². The van der Waals surface area contributed by atoms with Crippen molar-refractivity contribution in [1.29, 1.82) is 0 Å². The van der Waals surface area contributed by atoms with E-state index in [2.05, 4.69) is 21.5 Å². The number of hydrogen-bond acceptors (Lipinski definition) is 4. The van der Waals surface area contributed by atoms with Crippen molar-refractivity contribution in [3.63, 3.8) is 0 Å². The second-order valence-corrected chi connectivity index (χ2v) is 7.64. The molecular weight excluding hydrogens is 362 g/mol. The van der Waals surface area contributed by atoms with E-state index in [9.17, 15) is 4.79 Å². The number of carbonyl (C=O) groups is 1. The molecule has 0 aliphatic carbocycles. The Morgan fingerprint density at radius 3 is 2.86 bits per heavy atom. The number of hydrogen-bond donors (Lipinski definition) is 0. The highest BCUT2D eigenvalue weighted by Gasteiger charge is 2.28. The predicted octanol–water partition coefficient (Wildman–Crippen LogP) is 3.70. The molecular formula is C23H23N5O. The van der Waals surface area contributed by atoms with Crippen molar-refractivity contribution in [3.8, 4) is 0 Å². The highest BCUT2D eigenvalue weighted by molar-refractivity contribution is 5.98. The summed E-state index contributed by atoms with van der Waals surface area (Å²) >= 11 is 0. The number of carbonyl (C=O) groups excluding carboxylic acids is 1. The molecule has 5 rings (SSSR count). The third kappa shape index (κ3) is 3.24. The minimum atomic E-state index is 0.101.